The van der Waals surface area contributed by atoms with Crippen molar-refractivity contribution in [2.75, 3.05) is 19.0 Å². The summed E-state index contributed by atoms with van der Waals surface area (Å²) in [5, 5.41) is 0. The summed E-state index contributed by atoms with van der Waals surface area (Å²) in [4.78, 5) is 12.5. The van der Waals surface area contributed by atoms with Crippen molar-refractivity contribution >= 4 is 11.9 Å². The third-order valence-corrected chi connectivity index (χ3v) is 1.50. The molecule has 0 spiro atoms. The van der Waals surface area contributed by atoms with E-state index < -0.39 is 6.26 Å². The minimum atomic E-state index is -0.639. The monoisotopic (exact) mass is 151 g/mol. The van der Waals surface area contributed by atoms with Crippen LogP contribution in [0.5, 0.6) is 0 Å². The van der Waals surface area contributed by atoms with E-state index in [2.05, 4.69) is 0 Å². The van der Waals surface area contributed by atoms with Gasteiger partial charge in [0.2, 0.25) is 0 Å². The van der Waals surface area contributed by atoms with E-state index in [1.165, 1.54) is 0 Å². The Labute approximate surface area is 67.9 Å². The first kappa shape index (κ1) is 6.40. The summed E-state index contributed by atoms with van der Waals surface area (Å²) in [6.07, 6.45) is -0.639. The Hall–Kier alpha value is -1.31. The third-order valence-electron chi connectivity index (χ3n) is 1.50. The molecule has 1 aromatic rings. The summed E-state index contributed by atoms with van der Waals surface area (Å²) in [6.45, 7) is 0. The highest BCUT2D eigenvalue weighted by atomic mass is 16.2. The molecule has 0 atom stereocenters. The molecule has 58 valence electrons. The number of hydrogen-bond donors (Lipinski definition) is 0. The van der Waals surface area contributed by atoms with Gasteiger partial charge in [-0.3, -0.25) is 4.79 Å². The average Bonchev–Trinajstić information content (AvgIpc) is 2.04. The van der Waals surface area contributed by atoms with E-state index in [1.54, 1.807) is 12.1 Å². The van der Waals surface area contributed by atoms with Crippen LogP contribution in [0.2, 0.25) is 0 Å². The van der Waals surface area contributed by atoms with E-state index in [-0.39, 0.29) is 0 Å². The second kappa shape index (κ2) is 3.19. The zero-order chi connectivity index (χ0) is 9.14. The molecular weight excluding hydrogens is 139 g/mol. The Morgan fingerprint density at radius 1 is 1.36 bits per heavy atom. The molecule has 0 aliphatic rings. The minimum absolute atomic E-state index is 0.431. The fourth-order valence-corrected chi connectivity index (χ4v) is 0.828. The normalized spacial score (nSPS) is 10.5. The summed E-state index contributed by atoms with van der Waals surface area (Å²) in [5.41, 5.74) is 1.46. The van der Waals surface area contributed by atoms with E-state index in [4.69, 9.17) is 1.37 Å². The van der Waals surface area contributed by atoms with E-state index in [0.717, 1.165) is 5.69 Å². The summed E-state index contributed by atoms with van der Waals surface area (Å²) < 4.78 is 6.84. The first-order valence-corrected chi connectivity index (χ1v) is 3.39. The maximum absolute atomic E-state index is 10.6. The van der Waals surface area contributed by atoms with Crippen molar-refractivity contribution in [2.24, 2.45) is 0 Å². The van der Waals surface area contributed by atoms with Gasteiger partial charge in [-0.1, -0.05) is 0 Å². The van der Waals surface area contributed by atoms with Crippen LogP contribution in [0, 0.1) is 0 Å². The van der Waals surface area contributed by atoms with Gasteiger partial charge in [-0.15, -0.1) is 0 Å². The molecule has 0 aromatic heterocycles. The van der Waals surface area contributed by atoms with Crippen LogP contribution in [0.4, 0.5) is 5.69 Å². The van der Waals surface area contributed by atoms with E-state index in [9.17, 15) is 4.79 Å². The lowest BCUT2D eigenvalue weighted by Gasteiger charge is -2.11. The molecule has 1 aromatic carbocycles. The highest BCUT2D eigenvalue weighted by molar-refractivity contribution is 5.75. The predicted octanol–water partition coefficient (Wildman–Crippen LogP) is 1.57. The number of carbonyl (C=O) groups excluding carboxylic acids is 1. The Kier molecular flexibility index (Phi) is 1.86. The van der Waals surface area contributed by atoms with Gasteiger partial charge in [0.1, 0.15) is 7.63 Å². The zero-order valence-corrected chi connectivity index (χ0v) is 6.66. The Balaban J connectivity index is 2.93. The van der Waals surface area contributed by atoms with Gasteiger partial charge in [-0.25, -0.2) is 0 Å². The predicted molar refractivity (Wildman–Crippen MR) is 46.2 cm³/mol. The van der Waals surface area contributed by atoms with Crippen molar-refractivity contribution in [1.29, 1.82) is 0 Å². The quantitative estimate of drug-likeness (QED) is 0.472. The maximum Gasteiger partial charge on any atom is 0.150 e. The van der Waals surface area contributed by atoms with Crippen molar-refractivity contribution < 1.29 is 6.17 Å². The maximum atomic E-state index is 10.6. The number of aldehydes is 1. The van der Waals surface area contributed by atoms with Crippen LogP contribution in [-0.2, 0) is 0 Å². The van der Waals surface area contributed by atoms with Crippen molar-refractivity contribution in [3.05, 3.63) is 29.8 Å². The zero-order valence-electron chi connectivity index (χ0n) is 7.66. The highest BCUT2D eigenvalue weighted by Crippen LogP contribution is 2.10. The molecule has 11 heavy (non-hydrogen) atoms. The van der Waals surface area contributed by atoms with Gasteiger partial charge < -0.3 is 4.90 Å². The lowest BCUT2D eigenvalue weighted by atomic mass is 10.2. The molecule has 0 radical (unpaired) electrons. The Bertz CT molecular complexity index is 279. The van der Waals surface area contributed by atoms with Gasteiger partial charge in [0.05, 0.1) is 0 Å². The van der Waals surface area contributed by atoms with Gasteiger partial charge in [-0.2, -0.15) is 0 Å². The van der Waals surface area contributed by atoms with Crippen molar-refractivity contribution in [3.8, 4) is 0 Å². The van der Waals surface area contributed by atoms with Crippen LogP contribution in [0.3, 0.4) is 0 Å². The molecule has 0 fully saturated rings. The molecule has 0 N–H and O–H groups in total. The molecule has 0 bridgehead atoms. The molecule has 2 nitrogen and oxygen atoms in total. The van der Waals surface area contributed by atoms with Gasteiger partial charge >= 0.3 is 0 Å². The Morgan fingerprint density at radius 3 is 2.27 bits per heavy atom. The average molecular weight is 151 g/mol. The molecule has 0 amide bonds. The lowest BCUT2D eigenvalue weighted by Crippen LogP contribution is -2.08. The molecular formula is C9H11NO. The number of rotatable bonds is 2. The smallest absolute Gasteiger partial charge is 0.150 e. The first-order chi connectivity index (χ1) is 5.61. The fourth-order valence-electron chi connectivity index (χ4n) is 0.828. The number of hydrogen-bond acceptors (Lipinski definition) is 2. The van der Waals surface area contributed by atoms with Crippen LogP contribution in [-0.4, -0.2) is 20.4 Å². The van der Waals surface area contributed by atoms with Crippen LogP contribution in [0.25, 0.3) is 0 Å². The Morgan fingerprint density at radius 2 is 1.91 bits per heavy atom. The lowest BCUT2D eigenvalue weighted by molar-refractivity contribution is 0.112. The number of carbonyl (C=O) groups is 1. The molecule has 0 aliphatic carbocycles. The van der Waals surface area contributed by atoms with Gasteiger partial charge in [-0.05, 0) is 24.3 Å². The van der Waals surface area contributed by atoms with Crippen LogP contribution in [0.1, 0.15) is 11.7 Å². The molecule has 0 saturated carbocycles. The second-order valence-electron chi connectivity index (χ2n) is 2.54. The number of benzene rings is 1. The van der Waals surface area contributed by atoms with Gasteiger partial charge in [0.15, 0.2) is 0 Å². The van der Waals surface area contributed by atoms with Crippen molar-refractivity contribution in [3.63, 3.8) is 0 Å². The molecule has 2 heteroatoms. The second-order valence-corrected chi connectivity index (χ2v) is 2.54. The largest absolute Gasteiger partial charge is 0.378 e. The van der Waals surface area contributed by atoms with Crippen LogP contribution < -0.4 is 4.90 Å². The fraction of sp³-hybridized carbons (Fsp3) is 0.222. The molecule has 0 saturated heterocycles. The van der Waals surface area contributed by atoms with Crippen LogP contribution >= 0.6 is 0 Å². The van der Waals surface area contributed by atoms with Crippen molar-refractivity contribution in [1.82, 2.24) is 0 Å². The molecule has 0 aliphatic heterocycles. The minimum Gasteiger partial charge on any atom is -0.378 e. The first-order valence-electron chi connectivity index (χ1n) is 3.89. The van der Waals surface area contributed by atoms with Crippen molar-refractivity contribution in [2.45, 2.75) is 0 Å². The van der Waals surface area contributed by atoms with Gasteiger partial charge in [0.25, 0.3) is 0 Å². The molecule has 1 rings (SSSR count). The summed E-state index contributed by atoms with van der Waals surface area (Å²) in [6, 6.07) is 6.96. The third kappa shape index (κ3) is 1.80. The number of anilines is 1. The number of nitrogens with zero attached hydrogens (tertiary/aromatic N) is 1. The summed E-state index contributed by atoms with van der Waals surface area (Å²) in [5.74, 6) is 0. The molecule has 0 heterocycles. The summed E-state index contributed by atoms with van der Waals surface area (Å²) in [7, 11) is 3.86. The van der Waals surface area contributed by atoms with E-state index in [1.807, 2.05) is 31.1 Å². The van der Waals surface area contributed by atoms with E-state index in [0.29, 0.717) is 5.56 Å². The molecule has 0 unspecified atom stereocenters. The standard InChI is InChI=1S/C9H11NO/c1-10(2)9-5-3-8(7-11)4-6-9/h3-7H,1-2H3/i7+1D. The topological polar surface area (TPSA) is 20.3 Å². The van der Waals surface area contributed by atoms with E-state index >= 15 is 0 Å². The summed E-state index contributed by atoms with van der Waals surface area (Å²) >= 11 is 0. The SMILES string of the molecule is [2H][13C](=O)c1ccc(N(C)C)cc1. The van der Waals surface area contributed by atoms with Gasteiger partial charge in [0, 0.05) is 25.3 Å². The highest BCUT2D eigenvalue weighted by Gasteiger charge is 1.93. The van der Waals surface area contributed by atoms with Crippen LogP contribution in [0.15, 0.2) is 24.3 Å².